The molecule has 0 spiro atoms. The number of carbonyl (C=O) groups is 1. The maximum atomic E-state index is 12.8. The summed E-state index contributed by atoms with van der Waals surface area (Å²) in [6.45, 7) is -0.381. The molecule has 0 N–H and O–H groups in total. The van der Waals surface area contributed by atoms with E-state index in [4.69, 9.17) is 4.42 Å². The molecule has 14 heavy (non-hydrogen) atoms. The van der Waals surface area contributed by atoms with Crippen LogP contribution in [0.4, 0.5) is 8.78 Å². The first kappa shape index (κ1) is 9.18. The van der Waals surface area contributed by atoms with Crippen molar-refractivity contribution in [3.63, 3.8) is 0 Å². The van der Waals surface area contributed by atoms with Crippen molar-refractivity contribution in [2.45, 2.75) is 12.3 Å². The zero-order valence-electron chi connectivity index (χ0n) is 7.37. The van der Waals surface area contributed by atoms with Gasteiger partial charge in [0.15, 0.2) is 0 Å². The van der Waals surface area contributed by atoms with Gasteiger partial charge >= 0.3 is 0 Å². The van der Waals surface area contributed by atoms with E-state index in [2.05, 4.69) is 0 Å². The number of amides is 1. The van der Waals surface area contributed by atoms with Crippen LogP contribution >= 0.6 is 0 Å². The van der Waals surface area contributed by atoms with Crippen molar-refractivity contribution in [1.29, 1.82) is 0 Å². The van der Waals surface area contributed by atoms with Gasteiger partial charge in [0.25, 0.3) is 11.8 Å². The van der Waals surface area contributed by atoms with E-state index in [1.165, 1.54) is 18.6 Å². The molecule has 1 saturated heterocycles. The summed E-state index contributed by atoms with van der Waals surface area (Å²) in [5.41, 5.74) is 0.322. The minimum absolute atomic E-state index is 0.108. The van der Waals surface area contributed by atoms with Gasteiger partial charge in [-0.3, -0.25) is 4.79 Å². The fourth-order valence-corrected chi connectivity index (χ4v) is 1.48. The van der Waals surface area contributed by atoms with Crippen LogP contribution in [0.2, 0.25) is 0 Å². The van der Waals surface area contributed by atoms with Gasteiger partial charge in [0.05, 0.1) is 18.4 Å². The van der Waals surface area contributed by atoms with Crippen molar-refractivity contribution in [3.05, 3.63) is 24.2 Å². The molecule has 0 radical (unpaired) electrons. The first-order valence-corrected chi connectivity index (χ1v) is 4.28. The molecule has 2 rings (SSSR count). The molecule has 3 nitrogen and oxygen atoms in total. The Kier molecular flexibility index (Phi) is 2.02. The monoisotopic (exact) mass is 201 g/mol. The highest BCUT2D eigenvalue weighted by Gasteiger charge is 2.40. The van der Waals surface area contributed by atoms with E-state index in [-0.39, 0.29) is 13.0 Å². The van der Waals surface area contributed by atoms with Crippen molar-refractivity contribution in [3.8, 4) is 0 Å². The molecule has 1 fully saturated rings. The summed E-state index contributed by atoms with van der Waals surface area (Å²) in [5.74, 6) is -3.13. The predicted molar refractivity (Wildman–Crippen MR) is 44.2 cm³/mol. The van der Waals surface area contributed by atoms with E-state index >= 15 is 0 Å². The highest BCUT2D eigenvalue weighted by molar-refractivity contribution is 5.94. The molecule has 1 aliphatic heterocycles. The second-order valence-corrected chi connectivity index (χ2v) is 3.34. The maximum absolute atomic E-state index is 12.8. The Balaban J connectivity index is 2.08. The number of likely N-dealkylation sites (tertiary alicyclic amines) is 1. The summed E-state index contributed by atoms with van der Waals surface area (Å²) in [5, 5.41) is 0. The van der Waals surface area contributed by atoms with Gasteiger partial charge in [-0.1, -0.05) is 0 Å². The van der Waals surface area contributed by atoms with E-state index in [0.717, 1.165) is 4.90 Å². The third-order valence-electron chi connectivity index (χ3n) is 2.23. The predicted octanol–water partition coefficient (Wildman–Crippen LogP) is 1.76. The normalized spacial score (nSPS) is 20.0. The third kappa shape index (κ3) is 1.62. The number of alkyl halides is 2. The number of rotatable bonds is 1. The molecule has 76 valence electrons. The first-order valence-electron chi connectivity index (χ1n) is 4.28. The summed E-state index contributed by atoms with van der Waals surface area (Å²) in [7, 11) is 0. The van der Waals surface area contributed by atoms with E-state index < -0.39 is 18.4 Å². The molecule has 1 aromatic heterocycles. The lowest BCUT2D eigenvalue weighted by molar-refractivity contribution is 0.0120. The summed E-state index contributed by atoms with van der Waals surface area (Å²) in [4.78, 5) is 12.7. The molecular formula is C9H9F2NO2. The van der Waals surface area contributed by atoms with Crippen LogP contribution in [0.15, 0.2) is 23.0 Å². The second-order valence-electron chi connectivity index (χ2n) is 3.34. The Hall–Kier alpha value is -1.39. The zero-order chi connectivity index (χ0) is 10.2. The van der Waals surface area contributed by atoms with Gasteiger partial charge in [0.1, 0.15) is 6.26 Å². The Bertz CT molecular complexity index is 335. The third-order valence-corrected chi connectivity index (χ3v) is 2.23. The van der Waals surface area contributed by atoms with Crippen molar-refractivity contribution in [1.82, 2.24) is 4.90 Å². The summed E-state index contributed by atoms with van der Waals surface area (Å²) in [6, 6.07) is 1.47. The number of hydrogen-bond donors (Lipinski definition) is 0. The van der Waals surface area contributed by atoms with E-state index in [9.17, 15) is 13.6 Å². The van der Waals surface area contributed by atoms with Gasteiger partial charge in [-0.05, 0) is 6.07 Å². The molecule has 2 heterocycles. The number of carbonyl (C=O) groups excluding carboxylic acids is 1. The van der Waals surface area contributed by atoms with Crippen LogP contribution in [-0.4, -0.2) is 29.8 Å². The number of halogens is 2. The summed E-state index contributed by atoms with van der Waals surface area (Å²) < 4.78 is 30.3. The van der Waals surface area contributed by atoms with Gasteiger partial charge in [-0.2, -0.15) is 0 Å². The van der Waals surface area contributed by atoms with Gasteiger partial charge in [0, 0.05) is 13.0 Å². The largest absolute Gasteiger partial charge is 0.472 e. The summed E-state index contributed by atoms with van der Waals surface area (Å²) in [6.07, 6.45) is 2.36. The first-order chi connectivity index (χ1) is 6.58. The molecule has 0 aromatic carbocycles. The van der Waals surface area contributed by atoms with Gasteiger partial charge in [0.2, 0.25) is 0 Å². The van der Waals surface area contributed by atoms with Gasteiger partial charge in [-0.15, -0.1) is 0 Å². The minimum atomic E-state index is -2.74. The highest BCUT2D eigenvalue weighted by Crippen LogP contribution is 2.27. The standard InChI is InChI=1S/C9H9F2NO2/c10-9(11)2-3-12(6-9)8(13)7-1-4-14-5-7/h1,4-5H,2-3,6H2. The Morgan fingerprint density at radius 2 is 2.36 bits per heavy atom. The summed E-state index contributed by atoms with van der Waals surface area (Å²) >= 11 is 0. The lowest BCUT2D eigenvalue weighted by atomic mass is 10.3. The lowest BCUT2D eigenvalue weighted by Crippen LogP contribution is -2.31. The van der Waals surface area contributed by atoms with Crippen molar-refractivity contribution in [2.75, 3.05) is 13.1 Å². The quantitative estimate of drug-likeness (QED) is 0.693. The Morgan fingerprint density at radius 1 is 1.57 bits per heavy atom. The van der Waals surface area contributed by atoms with Crippen molar-refractivity contribution < 1.29 is 18.0 Å². The van der Waals surface area contributed by atoms with E-state index in [1.54, 1.807) is 0 Å². The van der Waals surface area contributed by atoms with E-state index in [1.807, 2.05) is 0 Å². The fourth-order valence-electron chi connectivity index (χ4n) is 1.48. The zero-order valence-corrected chi connectivity index (χ0v) is 7.37. The van der Waals surface area contributed by atoms with Crippen LogP contribution in [0.5, 0.6) is 0 Å². The van der Waals surface area contributed by atoms with Gasteiger partial charge in [-0.25, -0.2) is 8.78 Å². The van der Waals surface area contributed by atoms with Crippen LogP contribution in [-0.2, 0) is 0 Å². The number of furan rings is 1. The minimum Gasteiger partial charge on any atom is -0.472 e. The molecule has 5 heteroatoms. The average Bonchev–Trinajstić information content (AvgIpc) is 2.72. The molecular weight excluding hydrogens is 192 g/mol. The average molecular weight is 201 g/mol. The topological polar surface area (TPSA) is 33.5 Å². The molecule has 0 bridgehead atoms. The SMILES string of the molecule is O=C(c1ccoc1)N1CCC(F)(F)C1. The van der Waals surface area contributed by atoms with Crippen LogP contribution < -0.4 is 0 Å². The Labute approximate surface area is 79.3 Å². The van der Waals surface area contributed by atoms with E-state index in [0.29, 0.717) is 5.56 Å². The fraction of sp³-hybridized carbons (Fsp3) is 0.444. The molecule has 1 aliphatic rings. The molecule has 0 aliphatic carbocycles. The van der Waals surface area contributed by atoms with Gasteiger partial charge < -0.3 is 9.32 Å². The number of hydrogen-bond acceptors (Lipinski definition) is 2. The smallest absolute Gasteiger partial charge is 0.267 e. The second kappa shape index (κ2) is 3.08. The van der Waals surface area contributed by atoms with Crippen LogP contribution in [0.1, 0.15) is 16.8 Å². The van der Waals surface area contributed by atoms with Crippen LogP contribution in [0.3, 0.4) is 0 Å². The lowest BCUT2D eigenvalue weighted by Gasteiger charge is -2.14. The van der Waals surface area contributed by atoms with Crippen molar-refractivity contribution >= 4 is 5.91 Å². The molecule has 0 saturated carbocycles. The molecule has 1 aromatic rings. The number of nitrogens with zero attached hydrogens (tertiary/aromatic N) is 1. The maximum Gasteiger partial charge on any atom is 0.267 e. The van der Waals surface area contributed by atoms with Crippen LogP contribution in [0, 0.1) is 0 Å². The molecule has 0 unspecified atom stereocenters. The Morgan fingerprint density at radius 3 is 2.86 bits per heavy atom. The molecule has 0 atom stereocenters. The highest BCUT2D eigenvalue weighted by atomic mass is 19.3. The van der Waals surface area contributed by atoms with Crippen molar-refractivity contribution in [2.24, 2.45) is 0 Å². The molecule has 1 amide bonds. The van der Waals surface area contributed by atoms with Crippen LogP contribution in [0.25, 0.3) is 0 Å².